The fourth-order valence-electron chi connectivity index (χ4n) is 5.10. The van der Waals surface area contributed by atoms with Crippen LogP contribution >= 0.6 is 0 Å². The number of nitrogens with one attached hydrogen (secondary N) is 1. The minimum absolute atomic E-state index is 0.00270. The summed E-state index contributed by atoms with van der Waals surface area (Å²) in [6, 6.07) is 9.13. The summed E-state index contributed by atoms with van der Waals surface area (Å²) in [6.07, 6.45) is 6.12. The van der Waals surface area contributed by atoms with Crippen molar-refractivity contribution >= 4 is 17.7 Å². The van der Waals surface area contributed by atoms with Gasteiger partial charge in [-0.15, -0.1) is 0 Å². The molecule has 3 fully saturated rings. The summed E-state index contributed by atoms with van der Waals surface area (Å²) in [4.78, 5) is 41.8. The average molecular weight is 414 g/mol. The van der Waals surface area contributed by atoms with Crippen LogP contribution in [-0.4, -0.2) is 66.3 Å². The maximum atomic E-state index is 13.0. The van der Waals surface area contributed by atoms with Crippen molar-refractivity contribution in [3.63, 3.8) is 0 Å². The Balaban J connectivity index is 1.31. The topological polar surface area (TPSA) is 79.0 Å². The Kier molecular flexibility index (Phi) is 5.97. The number of piperidine rings is 1. The van der Waals surface area contributed by atoms with Gasteiger partial charge in [-0.05, 0) is 44.2 Å². The second kappa shape index (κ2) is 8.66. The van der Waals surface area contributed by atoms with E-state index in [9.17, 15) is 14.4 Å². The van der Waals surface area contributed by atoms with E-state index in [0.717, 1.165) is 25.7 Å². The van der Waals surface area contributed by atoms with E-state index in [0.29, 0.717) is 38.1 Å². The number of rotatable bonds is 5. The molecule has 0 radical (unpaired) electrons. The zero-order valence-electron chi connectivity index (χ0n) is 17.6. The molecule has 1 aromatic rings. The summed E-state index contributed by atoms with van der Waals surface area (Å²) in [5.41, 5.74) is -0.524. The van der Waals surface area contributed by atoms with Gasteiger partial charge in [0.25, 0.3) is 5.91 Å². The maximum absolute atomic E-state index is 13.0. The van der Waals surface area contributed by atoms with Crippen molar-refractivity contribution in [2.24, 2.45) is 5.41 Å². The number of hydrogen-bond donors (Lipinski definition) is 1. The molecule has 0 bridgehead atoms. The van der Waals surface area contributed by atoms with Crippen molar-refractivity contribution in [1.29, 1.82) is 0 Å². The molecule has 0 aromatic heterocycles. The summed E-state index contributed by atoms with van der Waals surface area (Å²) in [5.74, 6) is 0.622. The Hall–Kier alpha value is -2.57. The second-order valence-corrected chi connectivity index (χ2v) is 8.89. The van der Waals surface area contributed by atoms with Gasteiger partial charge in [-0.1, -0.05) is 31.0 Å². The zero-order chi connectivity index (χ0) is 21.1. The summed E-state index contributed by atoms with van der Waals surface area (Å²) in [7, 11) is 1.74. The smallest absolute Gasteiger partial charge is 0.260 e. The van der Waals surface area contributed by atoms with Crippen molar-refractivity contribution in [2.75, 3.05) is 26.7 Å². The second-order valence-electron chi connectivity index (χ2n) is 8.89. The van der Waals surface area contributed by atoms with E-state index in [-0.39, 0.29) is 30.4 Å². The number of carbonyl (C=O) groups is 3. The quantitative estimate of drug-likeness (QED) is 0.800. The first-order valence-corrected chi connectivity index (χ1v) is 11.0. The fourth-order valence-corrected chi connectivity index (χ4v) is 5.10. The number of para-hydroxylation sites is 1. The molecule has 2 heterocycles. The number of likely N-dealkylation sites (tertiary alicyclic amines) is 2. The van der Waals surface area contributed by atoms with Gasteiger partial charge >= 0.3 is 0 Å². The highest BCUT2D eigenvalue weighted by molar-refractivity contribution is 5.94. The van der Waals surface area contributed by atoms with E-state index in [2.05, 4.69) is 5.32 Å². The van der Waals surface area contributed by atoms with E-state index in [4.69, 9.17) is 4.74 Å². The SMILES string of the molecule is CN1C(=O)C2(CCN(C(=O)COc3ccccc3)CC2)CC1C(=O)NC1CCCC1. The van der Waals surface area contributed by atoms with E-state index in [1.54, 1.807) is 16.8 Å². The van der Waals surface area contributed by atoms with Crippen molar-refractivity contribution in [2.45, 2.75) is 57.0 Å². The van der Waals surface area contributed by atoms with Gasteiger partial charge in [0, 0.05) is 26.2 Å². The molecule has 162 valence electrons. The number of benzene rings is 1. The number of likely N-dealkylation sites (N-methyl/N-ethyl adjacent to an activating group) is 1. The molecule has 1 aliphatic carbocycles. The molecule has 7 heteroatoms. The van der Waals surface area contributed by atoms with Crippen LogP contribution in [0.3, 0.4) is 0 Å². The van der Waals surface area contributed by atoms with Gasteiger partial charge in [0.15, 0.2) is 6.61 Å². The predicted octanol–water partition coefficient (Wildman–Crippen LogP) is 1.96. The molecule has 1 N–H and O–H groups in total. The molecule has 1 spiro atoms. The highest BCUT2D eigenvalue weighted by Gasteiger charge is 2.53. The lowest BCUT2D eigenvalue weighted by molar-refractivity contribution is -0.143. The van der Waals surface area contributed by atoms with Gasteiger partial charge in [0.2, 0.25) is 11.8 Å². The third kappa shape index (κ3) is 4.16. The summed E-state index contributed by atoms with van der Waals surface area (Å²) in [5, 5.41) is 3.14. The summed E-state index contributed by atoms with van der Waals surface area (Å²) >= 11 is 0. The third-order valence-corrected chi connectivity index (χ3v) is 7.01. The summed E-state index contributed by atoms with van der Waals surface area (Å²) < 4.78 is 5.57. The third-order valence-electron chi connectivity index (χ3n) is 7.01. The first kappa shape index (κ1) is 20.7. The Morgan fingerprint density at radius 1 is 1.13 bits per heavy atom. The molecule has 2 aliphatic heterocycles. The Labute approximate surface area is 177 Å². The molecule has 1 saturated carbocycles. The van der Waals surface area contributed by atoms with Crippen molar-refractivity contribution < 1.29 is 19.1 Å². The fraction of sp³-hybridized carbons (Fsp3) is 0.609. The lowest BCUT2D eigenvalue weighted by Gasteiger charge is -2.37. The molecule has 7 nitrogen and oxygen atoms in total. The largest absolute Gasteiger partial charge is 0.484 e. The van der Waals surface area contributed by atoms with Gasteiger partial charge in [-0.25, -0.2) is 0 Å². The molecule has 3 aliphatic rings. The van der Waals surface area contributed by atoms with Gasteiger partial charge in [-0.3, -0.25) is 14.4 Å². The van der Waals surface area contributed by atoms with Crippen LogP contribution in [0.2, 0.25) is 0 Å². The molecule has 2 saturated heterocycles. The predicted molar refractivity (Wildman–Crippen MR) is 112 cm³/mol. The van der Waals surface area contributed by atoms with Crippen LogP contribution in [0.1, 0.15) is 44.9 Å². The van der Waals surface area contributed by atoms with Crippen LogP contribution in [-0.2, 0) is 14.4 Å². The number of ether oxygens (including phenoxy) is 1. The lowest BCUT2D eigenvalue weighted by Crippen LogP contribution is -2.47. The standard InChI is InChI=1S/C23H31N3O4/c1-25-19(21(28)24-17-7-5-6-8-17)15-23(22(25)29)11-13-26(14-12-23)20(27)16-30-18-9-3-2-4-10-18/h2-4,9-10,17,19H,5-8,11-16H2,1H3,(H,24,28). The van der Waals surface area contributed by atoms with Crippen LogP contribution < -0.4 is 10.1 Å². The lowest BCUT2D eigenvalue weighted by atomic mass is 9.76. The average Bonchev–Trinajstić information content (AvgIpc) is 3.36. The van der Waals surface area contributed by atoms with Gasteiger partial charge in [0.05, 0.1) is 5.41 Å². The highest BCUT2D eigenvalue weighted by atomic mass is 16.5. The van der Waals surface area contributed by atoms with Gasteiger partial charge in [0.1, 0.15) is 11.8 Å². The molecule has 1 atom stereocenters. The Bertz CT molecular complexity index is 783. The first-order chi connectivity index (χ1) is 14.5. The monoisotopic (exact) mass is 413 g/mol. The Morgan fingerprint density at radius 2 is 1.80 bits per heavy atom. The zero-order valence-corrected chi connectivity index (χ0v) is 17.6. The van der Waals surface area contributed by atoms with E-state index in [1.807, 2.05) is 30.3 Å². The molecule has 1 aromatic carbocycles. The van der Waals surface area contributed by atoms with Crippen LogP contribution in [0.4, 0.5) is 0 Å². The van der Waals surface area contributed by atoms with Crippen molar-refractivity contribution in [1.82, 2.24) is 15.1 Å². The van der Waals surface area contributed by atoms with Crippen LogP contribution in [0.5, 0.6) is 5.75 Å². The number of carbonyl (C=O) groups excluding carboxylic acids is 3. The molecular formula is C23H31N3O4. The first-order valence-electron chi connectivity index (χ1n) is 11.0. The molecule has 4 rings (SSSR count). The normalized spacial score (nSPS) is 23.8. The van der Waals surface area contributed by atoms with Crippen molar-refractivity contribution in [3.05, 3.63) is 30.3 Å². The minimum Gasteiger partial charge on any atom is -0.484 e. The number of amides is 3. The number of nitrogens with zero attached hydrogens (tertiary/aromatic N) is 2. The summed E-state index contributed by atoms with van der Waals surface area (Å²) in [6.45, 7) is 1.04. The van der Waals surface area contributed by atoms with Crippen LogP contribution in [0.25, 0.3) is 0 Å². The molecule has 30 heavy (non-hydrogen) atoms. The van der Waals surface area contributed by atoms with Crippen LogP contribution in [0.15, 0.2) is 30.3 Å². The van der Waals surface area contributed by atoms with E-state index >= 15 is 0 Å². The van der Waals surface area contributed by atoms with E-state index < -0.39 is 11.5 Å². The minimum atomic E-state index is -0.524. The molecule has 1 unspecified atom stereocenters. The van der Waals surface area contributed by atoms with Crippen molar-refractivity contribution in [3.8, 4) is 5.75 Å². The highest BCUT2D eigenvalue weighted by Crippen LogP contribution is 2.44. The number of hydrogen-bond acceptors (Lipinski definition) is 4. The Morgan fingerprint density at radius 3 is 2.47 bits per heavy atom. The van der Waals surface area contributed by atoms with E-state index in [1.165, 1.54) is 0 Å². The maximum Gasteiger partial charge on any atom is 0.260 e. The van der Waals surface area contributed by atoms with Crippen LogP contribution in [0, 0.1) is 5.41 Å². The van der Waals surface area contributed by atoms with Gasteiger partial charge < -0.3 is 19.9 Å². The van der Waals surface area contributed by atoms with Gasteiger partial charge in [-0.2, -0.15) is 0 Å². The molecule has 3 amide bonds. The molecular weight excluding hydrogens is 382 g/mol.